The van der Waals surface area contributed by atoms with Crippen LogP contribution >= 0.6 is 0 Å². The van der Waals surface area contributed by atoms with Crippen molar-refractivity contribution in [3.8, 4) is 5.75 Å². The van der Waals surface area contributed by atoms with E-state index in [1.54, 1.807) is 0 Å². The molecule has 0 aliphatic heterocycles. The van der Waals surface area contributed by atoms with Gasteiger partial charge in [-0.25, -0.2) is 13.1 Å². The summed E-state index contributed by atoms with van der Waals surface area (Å²) >= 11 is 0. The highest BCUT2D eigenvalue weighted by atomic mass is 32.2. The standard InChI is InChI=1S/C20H28N2O3S/c1-4-25-20-11-9-17(10-12-20)13-21-14-18-7-5-6-8-19(18)15-26(23,24)22-16(2)3/h5-12,16,21-22H,4,13-15H2,1-3H3. The second kappa shape index (κ2) is 9.71. The van der Waals surface area contributed by atoms with E-state index in [-0.39, 0.29) is 11.8 Å². The largest absolute Gasteiger partial charge is 0.494 e. The fourth-order valence-electron chi connectivity index (χ4n) is 2.69. The summed E-state index contributed by atoms with van der Waals surface area (Å²) in [6.07, 6.45) is 0. The van der Waals surface area contributed by atoms with Crippen LogP contribution in [-0.2, 0) is 28.9 Å². The quantitative estimate of drug-likeness (QED) is 0.668. The Bertz CT molecular complexity index is 787. The molecule has 0 aliphatic carbocycles. The van der Waals surface area contributed by atoms with Gasteiger partial charge in [0.25, 0.3) is 0 Å². The minimum Gasteiger partial charge on any atom is -0.494 e. The zero-order chi connectivity index (χ0) is 19.0. The molecule has 0 unspecified atom stereocenters. The van der Waals surface area contributed by atoms with Crippen LogP contribution in [0, 0.1) is 0 Å². The fraction of sp³-hybridized carbons (Fsp3) is 0.400. The lowest BCUT2D eigenvalue weighted by atomic mass is 10.1. The first-order valence-corrected chi connectivity index (χ1v) is 10.5. The zero-order valence-electron chi connectivity index (χ0n) is 15.7. The van der Waals surface area contributed by atoms with Crippen LogP contribution < -0.4 is 14.8 Å². The van der Waals surface area contributed by atoms with Crippen molar-refractivity contribution in [1.82, 2.24) is 10.0 Å². The maximum atomic E-state index is 12.2. The molecule has 26 heavy (non-hydrogen) atoms. The van der Waals surface area contributed by atoms with Gasteiger partial charge in [0.1, 0.15) is 5.75 Å². The third-order valence-corrected chi connectivity index (χ3v) is 5.28. The van der Waals surface area contributed by atoms with Crippen LogP contribution in [0.25, 0.3) is 0 Å². The van der Waals surface area contributed by atoms with E-state index in [1.165, 1.54) is 0 Å². The summed E-state index contributed by atoms with van der Waals surface area (Å²) in [4.78, 5) is 0. The lowest BCUT2D eigenvalue weighted by molar-refractivity contribution is 0.340. The Kier molecular flexibility index (Phi) is 7.63. The normalized spacial score (nSPS) is 11.7. The molecule has 6 heteroatoms. The Morgan fingerprint density at radius 1 is 0.962 bits per heavy atom. The number of ether oxygens (including phenoxy) is 1. The molecule has 0 saturated carbocycles. The lowest BCUT2D eigenvalue weighted by Crippen LogP contribution is -2.31. The summed E-state index contributed by atoms with van der Waals surface area (Å²) in [7, 11) is -3.34. The molecule has 0 fully saturated rings. The summed E-state index contributed by atoms with van der Waals surface area (Å²) in [5.41, 5.74) is 2.97. The topological polar surface area (TPSA) is 67.4 Å². The van der Waals surface area contributed by atoms with E-state index in [0.29, 0.717) is 19.7 Å². The van der Waals surface area contributed by atoms with Crippen molar-refractivity contribution in [2.24, 2.45) is 0 Å². The SMILES string of the molecule is CCOc1ccc(CNCc2ccccc2CS(=O)(=O)NC(C)C)cc1. The number of hydrogen-bond donors (Lipinski definition) is 2. The Hall–Kier alpha value is -1.89. The van der Waals surface area contributed by atoms with Crippen LogP contribution in [-0.4, -0.2) is 21.1 Å². The third-order valence-electron chi connectivity index (χ3n) is 3.76. The van der Waals surface area contributed by atoms with E-state index < -0.39 is 10.0 Å². The monoisotopic (exact) mass is 376 g/mol. The van der Waals surface area contributed by atoms with E-state index in [1.807, 2.05) is 69.3 Å². The molecule has 142 valence electrons. The van der Waals surface area contributed by atoms with Crippen molar-refractivity contribution in [1.29, 1.82) is 0 Å². The van der Waals surface area contributed by atoms with Crippen LogP contribution in [0.15, 0.2) is 48.5 Å². The van der Waals surface area contributed by atoms with Crippen LogP contribution in [0.5, 0.6) is 5.75 Å². The van der Waals surface area contributed by atoms with Gasteiger partial charge in [0.15, 0.2) is 0 Å². The minimum absolute atomic E-state index is 0.00785. The summed E-state index contributed by atoms with van der Waals surface area (Å²) < 4.78 is 32.5. The molecule has 2 rings (SSSR count). The molecule has 0 spiro atoms. The molecule has 2 aromatic rings. The second-order valence-corrected chi connectivity index (χ2v) is 8.23. The van der Waals surface area contributed by atoms with E-state index in [0.717, 1.165) is 22.4 Å². The van der Waals surface area contributed by atoms with Crippen molar-refractivity contribution in [3.63, 3.8) is 0 Å². The van der Waals surface area contributed by atoms with Gasteiger partial charge in [-0.1, -0.05) is 36.4 Å². The molecule has 0 aromatic heterocycles. The molecule has 2 aromatic carbocycles. The van der Waals surface area contributed by atoms with Crippen LogP contribution in [0.2, 0.25) is 0 Å². The zero-order valence-corrected chi connectivity index (χ0v) is 16.5. The molecule has 0 bridgehead atoms. The predicted octanol–water partition coefficient (Wildman–Crippen LogP) is 3.20. The van der Waals surface area contributed by atoms with Crippen molar-refractivity contribution < 1.29 is 13.2 Å². The Balaban J connectivity index is 1.95. The van der Waals surface area contributed by atoms with Crippen molar-refractivity contribution in [3.05, 3.63) is 65.2 Å². The minimum atomic E-state index is -3.34. The molecular weight excluding hydrogens is 348 g/mol. The van der Waals surface area contributed by atoms with Crippen molar-refractivity contribution in [2.45, 2.75) is 45.7 Å². The average Bonchev–Trinajstić information content (AvgIpc) is 2.57. The summed E-state index contributed by atoms with van der Waals surface area (Å²) in [6, 6.07) is 15.5. The number of hydrogen-bond acceptors (Lipinski definition) is 4. The summed E-state index contributed by atoms with van der Waals surface area (Å²) in [5, 5.41) is 3.38. The van der Waals surface area contributed by atoms with Gasteiger partial charge in [-0.3, -0.25) is 0 Å². The van der Waals surface area contributed by atoms with E-state index in [2.05, 4.69) is 10.0 Å². The van der Waals surface area contributed by atoms with Gasteiger partial charge in [-0.05, 0) is 49.6 Å². The van der Waals surface area contributed by atoms with Gasteiger partial charge < -0.3 is 10.1 Å². The van der Waals surface area contributed by atoms with Crippen molar-refractivity contribution in [2.75, 3.05) is 6.61 Å². The molecular formula is C20H28N2O3S. The third kappa shape index (κ3) is 6.78. The molecule has 2 N–H and O–H groups in total. The van der Waals surface area contributed by atoms with Crippen LogP contribution in [0.4, 0.5) is 0 Å². The smallest absolute Gasteiger partial charge is 0.216 e. The van der Waals surface area contributed by atoms with Crippen molar-refractivity contribution >= 4 is 10.0 Å². The molecule has 0 amide bonds. The average molecular weight is 377 g/mol. The number of sulfonamides is 1. The molecule has 0 radical (unpaired) electrons. The predicted molar refractivity (Wildman–Crippen MR) is 105 cm³/mol. The van der Waals surface area contributed by atoms with Gasteiger partial charge in [-0.2, -0.15) is 0 Å². The first kappa shape index (κ1) is 20.4. The van der Waals surface area contributed by atoms with Gasteiger partial charge in [0.05, 0.1) is 12.4 Å². The maximum Gasteiger partial charge on any atom is 0.216 e. The lowest BCUT2D eigenvalue weighted by Gasteiger charge is -2.13. The van der Waals surface area contributed by atoms with Gasteiger partial charge >= 0.3 is 0 Å². The highest BCUT2D eigenvalue weighted by Crippen LogP contribution is 2.14. The van der Waals surface area contributed by atoms with Crippen LogP contribution in [0.1, 0.15) is 37.5 Å². The number of nitrogens with one attached hydrogen (secondary N) is 2. The Morgan fingerprint density at radius 3 is 2.23 bits per heavy atom. The maximum absolute atomic E-state index is 12.2. The second-order valence-electron chi connectivity index (χ2n) is 6.48. The molecule has 0 saturated heterocycles. The summed E-state index contributed by atoms with van der Waals surface area (Å²) in [6.45, 7) is 7.58. The first-order valence-electron chi connectivity index (χ1n) is 8.89. The number of rotatable bonds is 10. The molecule has 0 atom stereocenters. The first-order chi connectivity index (χ1) is 12.4. The Morgan fingerprint density at radius 2 is 1.62 bits per heavy atom. The number of benzene rings is 2. The van der Waals surface area contributed by atoms with E-state index in [4.69, 9.17) is 4.74 Å². The van der Waals surface area contributed by atoms with Crippen LogP contribution in [0.3, 0.4) is 0 Å². The van der Waals surface area contributed by atoms with Gasteiger partial charge in [0.2, 0.25) is 10.0 Å². The summed E-state index contributed by atoms with van der Waals surface area (Å²) in [5.74, 6) is 0.857. The highest BCUT2D eigenvalue weighted by Gasteiger charge is 2.15. The van der Waals surface area contributed by atoms with Gasteiger partial charge in [-0.15, -0.1) is 0 Å². The Labute approximate surface area is 156 Å². The van der Waals surface area contributed by atoms with E-state index >= 15 is 0 Å². The van der Waals surface area contributed by atoms with Gasteiger partial charge in [0, 0.05) is 19.1 Å². The fourth-order valence-corrected chi connectivity index (χ4v) is 4.18. The molecule has 0 heterocycles. The molecule has 0 aliphatic rings. The van der Waals surface area contributed by atoms with E-state index in [9.17, 15) is 8.42 Å². The molecule has 5 nitrogen and oxygen atoms in total. The highest BCUT2D eigenvalue weighted by molar-refractivity contribution is 7.88.